The van der Waals surface area contributed by atoms with Crippen molar-refractivity contribution in [1.82, 2.24) is 4.98 Å². The molecule has 0 spiro atoms. The van der Waals surface area contributed by atoms with Crippen molar-refractivity contribution in [3.05, 3.63) is 81.9 Å². The van der Waals surface area contributed by atoms with Crippen LogP contribution >= 0.6 is 11.3 Å². The number of aromatic hydroxyl groups is 1. The minimum absolute atomic E-state index is 0.00892. The summed E-state index contributed by atoms with van der Waals surface area (Å²) in [4.78, 5) is 45.3. The lowest BCUT2D eigenvalue weighted by molar-refractivity contribution is -0.132. The Morgan fingerprint density at radius 1 is 1.18 bits per heavy atom. The van der Waals surface area contributed by atoms with Gasteiger partial charge in [-0.05, 0) is 62.2 Å². The number of carbonyl (C=O) groups excluding carboxylic acids is 3. The van der Waals surface area contributed by atoms with Crippen LogP contribution in [0.15, 0.2) is 54.6 Å². The Labute approximate surface area is 234 Å². The number of aliphatic hydroxyl groups excluding tert-OH is 1. The number of ether oxygens (including phenoxy) is 3. The summed E-state index contributed by atoms with van der Waals surface area (Å²) < 4.78 is 16.0. The number of rotatable bonds is 9. The molecule has 2 heterocycles. The zero-order valence-electron chi connectivity index (χ0n) is 22.4. The molecule has 1 aliphatic heterocycles. The molecular weight excluding hydrogens is 536 g/mol. The third kappa shape index (κ3) is 5.15. The van der Waals surface area contributed by atoms with E-state index in [1.54, 1.807) is 39.0 Å². The summed E-state index contributed by atoms with van der Waals surface area (Å²) in [5, 5.41) is 21.8. The number of phenols is 1. The number of phenolic OH excluding ortho intramolecular Hbond substituents is 1. The van der Waals surface area contributed by atoms with Gasteiger partial charge in [-0.25, -0.2) is 9.78 Å². The van der Waals surface area contributed by atoms with Crippen LogP contribution < -0.4 is 14.4 Å². The number of aryl methyl sites for hydroxylation is 2. The van der Waals surface area contributed by atoms with Gasteiger partial charge in [0.15, 0.2) is 16.6 Å². The monoisotopic (exact) mass is 564 g/mol. The van der Waals surface area contributed by atoms with Gasteiger partial charge in [0.25, 0.3) is 5.78 Å². The molecule has 1 saturated heterocycles. The fraction of sp³-hybridized carbons (Fsp3) is 0.241. The summed E-state index contributed by atoms with van der Waals surface area (Å²) in [5.74, 6) is -2.34. The van der Waals surface area contributed by atoms with Gasteiger partial charge >= 0.3 is 11.9 Å². The number of Topliss-reactive ketones (excluding diaryl/α,β-unsaturated/α-hetero) is 1. The maximum Gasteiger partial charge on any atom is 0.350 e. The van der Waals surface area contributed by atoms with Gasteiger partial charge < -0.3 is 24.4 Å². The predicted octanol–water partition coefficient (Wildman–Crippen LogP) is 4.84. The molecule has 11 heteroatoms. The number of anilines is 1. The Balaban J connectivity index is 1.93. The number of aromatic nitrogens is 1. The highest BCUT2D eigenvalue weighted by Crippen LogP contribution is 2.45. The summed E-state index contributed by atoms with van der Waals surface area (Å²) in [6.07, 6.45) is 1.43. The first-order valence-corrected chi connectivity index (χ1v) is 13.1. The molecule has 1 aromatic heterocycles. The molecule has 2 N–H and O–H groups in total. The van der Waals surface area contributed by atoms with Crippen LogP contribution in [-0.4, -0.2) is 53.2 Å². The van der Waals surface area contributed by atoms with Crippen molar-refractivity contribution in [3.63, 3.8) is 0 Å². The van der Waals surface area contributed by atoms with E-state index in [0.717, 1.165) is 16.2 Å². The molecule has 1 atom stereocenters. The van der Waals surface area contributed by atoms with Crippen molar-refractivity contribution in [2.75, 3.05) is 25.2 Å². The maximum absolute atomic E-state index is 13.5. The van der Waals surface area contributed by atoms with Crippen molar-refractivity contribution >= 4 is 39.9 Å². The second-order valence-electron chi connectivity index (χ2n) is 8.81. The number of aliphatic hydroxyl groups is 1. The van der Waals surface area contributed by atoms with E-state index in [-0.39, 0.29) is 40.3 Å². The van der Waals surface area contributed by atoms with Crippen LogP contribution in [0, 0.1) is 13.8 Å². The fourth-order valence-corrected chi connectivity index (χ4v) is 5.36. The molecule has 1 fully saturated rings. The number of nitrogens with zero attached hydrogens (tertiary/aromatic N) is 2. The SMILES string of the molecule is C=CCOC(=O)c1sc(N2C(=O)C(=O)/C(=C(/O)c3ccc(OC)c(C)c3)C2c2ccc(O)c(OCC)c2)nc1C. The lowest BCUT2D eigenvalue weighted by atomic mass is 9.94. The third-order valence-electron chi connectivity index (χ3n) is 6.22. The average Bonchev–Trinajstić information content (AvgIpc) is 3.44. The number of esters is 1. The molecule has 3 aromatic rings. The van der Waals surface area contributed by atoms with Gasteiger partial charge in [0.2, 0.25) is 0 Å². The summed E-state index contributed by atoms with van der Waals surface area (Å²) in [6, 6.07) is 8.11. The van der Waals surface area contributed by atoms with Crippen LogP contribution in [0.4, 0.5) is 5.13 Å². The van der Waals surface area contributed by atoms with Crippen LogP contribution in [0.5, 0.6) is 17.2 Å². The summed E-state index contributed by atoms with van der Waals surface area (Å²) >= 11 is 0.886. The topological polar surface area (TPSA) is 135 Å². The molecular formula is C29H28N2O8S. The normalized spacial score (nSPS) is 16.2. The van der Waals surface area contributed by atoms with Gasteiger partial charge in [0.1, 0.15) is 23.0 Å². The van der Waals surface area contributed by atoms with Crippen LogP contribution in [0.3, 0.4) is 0 Å². The molecule has 10 nitrogen and oxygen atoms in total. The molecule has 208 valence electrons. The number of carbonyl (C=O) groups is 3. The zero-order chi connectivity index (χ0) is 29.1. The quantitative estimate of drug-likeness (QED) is 0.123. The molecule has 0 aliphatic carbocycles. The minimum Gasteiger partial charge on any atom is -0.507 e. The molecule has 0 radical (unpaired) electrons. The van der Waals surface area contributed by atoms with E-state index in [2.05, 4.69) is 11.6 Å². The number of methoxy groups -OCH3 is 1. The maximum atomic E-state index is 13.5. The van der Waals surface area contributed by atoms with Crippen molar-refractivity contribution in [1.29, 1.82) is 0 Å². The third-order valence-corrected chi connectivity index (χ3v) is 7.36. The Hall–Kier alpha value is -4.64. The first-order chi connectivity index (χ1) is 19.1. The molecule has 0 bridgehead atoms. The summed E-state index contributed by atoms with van der Waals surface area (Å²) in [5.41, 5.74) is 1.50. The average molecular weight is 565 g/mol. The van der Waals surface area contributed by atoms with Gasteiger partial charge in [0, 0.05) is 5.56 Å². The van der Waals surface area contributed by atoms with Crippen molar-refractivity contribution in [2.45, 2.75) is 26.8 Å². The predicted molar refractivity (Wildman–Crippen MR) is 149 cm³/mol. The van der Waals surface area contributed by atoms with Gasteiger partial charge in [-0.2, -0.15) is 0 Å². The van der Waals surface area contributed by atoms with Crippen molar-refractivity contribution < 1.29 is 38.8 Å². The zero-order valence-corrected chi connectivity index (χ0v) is 23.2. The van der Waals surface area contributed by atoms with Gasteiger partial charge in [-0.15, -0.1) is 0 Å². The van der Waals surface area contributed by atoms with E-state index >= 15 is 0 Å². The molecule has 1 amide bonds. The molecule has 0 saturated carbocycles. The van der Waals surface area contributed by atoms with Gasteiger partial charge in [0.05, 0.1) is 31.0 Å². The molecule has 1 unspecified atom stereocenters. The van der Waals surface area contributed by atoms with E-state index < -0.39 is 29.5 Å². The first kappa shape index (κ1) is 28.4. The molecule has 40 heavy (non-hydrogen) atoms. The van der Waals surface area contributed by atoms with Gasteiger partial charge in [-0.1, -0.05) is 30.1 Å². The van der Waals surface area contributed by atoms with E-state index in [9.17, 15) is 24.6 Å². The lowest BCUT2D eigenvalue weighted by Crippen LogP contribution is -2.29. The fourth-order valence-electron chi connectivity index (χ4n) is 4.37. The Bertz CT molecular complexity index is 1540. The number of ketones is 1. The van der Waals surface area contributed by atoms with E-state index in [1.807, 2.05) is 0 Å². The number of thiazole rings is 1. The number of benzene rings is 2. The van der Waals surface area contributed by atoms with Crippen LogP contribution in [0.25, 0.3) is 5.76 Å². The minimum atomic E-state index is -1.15. The standard InChI is InChI=1S/C29H28N2O8S/c1-6-12-39-28(36)26-16(4)30-29(40-26)31-23(17-8-10-19(32)21(14-17)38-7-2)22(25(34)27(31)35)24(33)18-9-11-20(37-5)15(3)13-18/h6,8-11,13-14,23,32-33H,1,7,12H2,2-5H3/b24-22+. The highest BCUT2D eigenvalue weighted by atomic mass is 32.1. The van der Waals surface area contributed by atoms with Crippen LogP contribution in [0.2, 0.25) is 0 Å². The second-order valence-corrected chi connectivity index (χ2v) is 9.79. The van der Waals surface area contributed by atoms with E-state index in [4.69, 9.17) is 14.2 Å². The molecule has 1 aliphatic rings. The largest absolute Gasteiger partial charge is 0.507 e. The van der Waals surface area contributed by atoms with Gasteiger partial charge in [-0.3, -0.25) is 14.5 Å². The Kier molecular flexibility index (Phi) is 8.24. The van der Waals surface area contributed by atoms with Crippen LogP contribution in [-0.2, 0) is 14.3 Å². The Morgan fingerprint density at radius 3 is 2.58 bits per heavy atom. The highest BCUT2D eigenvalue weighted by molar-refractivity contribution is 7.17. The first-order valence-electron chi connectivity index (χ1n) is 12.3. The number of hydrogen-bond acceptors (Lipinski definition) is 10. The second kappa shape index (κ2) is 11.6. The lowest BCUT2D eigenvalue weighted by Gasteiger charge is -2.23. The van der Waals surface area contributed by atoms with E-state index in [0.29, 0.717) is 28.1 Å². The summed E-state index contributed by atoms with van der Waals surface area (Å²) in [7, 11) is 1.52. The number of amides is 1. The summed E-state index contributed by atoms with van der Waals surface area (Å²) in [6.45, 7) is 8.89. The molecule has 4 rings (SSSR count). The van der Waals surface area contributed by atoms with Crippen LogP contribution in [0.1, 0.15) is 45.0 Å². The van der Waals surface area contributed by atoms with Crippen molar-refractivity contribution in [3.8, 4) is 17.2 Å². The van der Waals surface area contributed by atoms with E-state index in [1.165, 1.54) is 31.4 Å². The van der Waals surface area contributed by atoms with Crippen molar-refractivity contribution in [2.24, 2.45) is 0 Å². The number of hydrogen-bond donors (Lipinski definition) is 2. The molecule has 2 aromatic carbocycles. The highest BCUT2D eigenvalue weighted by Gasteiger charge is 2.48. The Morgan fingerprint density at radius 2 is 1.93 bits per heavy atom. The smallest absolute Gasteiger partial charge is 0.350 e.